The fourth-order valence-corrected chi connectivity index (χ4v) is 3.31. The van der Waals surface area contributed by atoms with Gasteiger partial charge in [-0.25, -0.2) is 0 Å². The molecule has 8 heteroatoms. The first-order valence-corrected chi connectivity index (χ1v) is 11.1. The van der Waals surface area contributed by atoms with Gasteiger partial charge in [0.1, 0.15) is 5.75 Å². The predicted molar refractivity (Wildman–Crippen MR) is 121 cm³/mol. The second-order valence-corrected chi connectivity index (χ2v) is 8.31. The number of ether oxygens (including phenoxy) is 2. The molecule has 1 fully saturated rings. The van der Waals surface area contributed by atoms with Gasteiger partial charge in [0.15, 0.2) is 11.8 Å². The molecule has 0 spiro atoms. The Balaban J connectivity index is 1.44. The Kier molecular flexibility index (Phi) is 8.70. The zero-order valence-electron chi connectivity index (χ0n) is 19.1. The molecule has 1 aromatic heterocycles. The van der Waals surface area contributed by atoms with E-state index in [0.29, 0.717) is 25.0 Å². The third-order valence-corrected chi connectivity index (χ3v) is 5.25. The molecule has 1 saturated heterocycles. The molecule has 2 aromatic rings. The van der Waals surface area contributed by atoms with Crippen LogP contribution in [-0.4, -0.2) is 49.5 Å². The quantitative estimate of drug-likeness (QED) is 0.340. The summed E-state index contributed by atoms with van der Waals surface area (Å²) in [7, 11) is 1.77. The first kappa shape index (κ1) is 23.1. The fraction of sp³-hybridized carbons (Fsp3) is 0.609. The summed E-state index contributed by atoms with van der Waals surface area (Å²) in [5, 5.41) is 10.7. The lowest BCUT2D eigenvalue weighted by atomic mass is 10.1. The van der Waals surface area contributed by atoms with Crippen LogP contribution in [0.3, 0.4) is 0 Å². The lowest BCUT2D eigenvalue weighted by Gasteiger charge is -2.17. The van der Waals surface area contributed by atoms with E-state index in [0.717, 1.165) is 62.1 Å². The number of benzene rings is 1. The summed E-state index contributed by atoms with van der Waals surface area (Å²) < 4.78 is 16.9. The lowest BCUT2D eigenvalue weighted by molar-refractivity contribution is 0.166. The maximum atomic E-state index is 6.13. The van der Waals surface area contributed by atoms with E-state index in [1.54, 1.807) is 7.05 Å². The van der Waals surface area contributed by atoms with Crippen LogP contribution in [0.4, 0.5) is 0 Å². The monoisotopic (exact) mass is 429 g/mol. The van der Waals surface area contributed by atoms with Crippen molar-refractivity contribution in [1.82, 2.24) is 20.8 Å². The SMILES string of the molecule is CN=C(NCCCc1nc(C(C)C)no1)NCc1ccc(C)cc1OCC1CCOC1. The van der Waals surface area contributed by atoms with E-state index >= 15 is 0 Å². The summed E-state index contributed by atoms with van der Waals surface area (Å²) in [6.45, 7) is 9.91. The van der Waals surface area contributed by atoms with Crippen LogP contribution in [0.15, 0.2) is 27.7 Å². The average molecular weight is 430 g/mol. The topological polar surface area (TPSA) is 93.8 Å². The molecule has 0 bridgehead atoms. The zero-order valence-corrected chi connectivity index (χ0v) is 19.1. The number of hydrogen-bond donors (Lipinski definition) is 2. The summed E-state index contributed by atoms with van der Waals surface area (Å²) in [5.74, 6) is 3.88. The van der Waals surface area contributed by atoms with Crippen LogP contribution < -0.4 is 15.4 Å². The first-order valence-electron chi connectivity index (χ1n) is 11.1. The van der Waals surface area contributed by atoms with Gasteiger partial charge in [-0.2, -0.15) is 4.98 Å². The van der Waals surface area contributed by atoms with Crippen LogP contribution in [0, 0.1) is 12.8 Å². The fourth-order valence-electron chi connectivity index (χ4n) is 3.31. The van der Waals surface area contributed by atoms with Crippen LogP contribution >= 0.6 is 0 Å². The molecule has 0 amide bonds. The predicted octanol–water partition coefficient (Wildman–Crippen LogP) is 3.21. The summed E-state index contributed by atoms with van der Waals surface area (Å²) in [5.41, 5.74) is 2.30. The minimum atomic E-state index is 0.279. The molecule has 3 rings (SSSR count). The highest BCUT2D eigenvalue weighted by molar-refractivity contribution is 5.79. The van der Waals surface area contributed by atoms with Crippen molar-refractivity contribution in [3.05, 3.63) is 41.0 Å². The number of aromatic nitrogens is 2. The van der Waals surface area contributed by atoms with Crippen molar-refractivity contribution in [2.24, 2.45) is 10.9 Å². The number of hydrogen-bond acceptors (Lipinski definition) is 6. The van der Waals surface area contributed by atoms with Gasteiger partial charge in [0.2, 0.25) is 5.89 Å². The molecular weight excluding hydrogens is 394 g/mol. The minimum Gasteiger partial charge on any atom is -0.493 e. The second-order valence-electron chi connectivity index (χ2n) is 8.31. The Bertz CT molecular complexity index is 843. The van der Waals surface area contributed by atoms with Gasteiger partial charge in [-0.15, -0.1) is 0 Å². The number of rotatable bonds is 10. The molecule has 1 aromatic carbocycles. The molecule has 8 nitrogen and oxygen atoms in total. The molecule has 0 radical (unpaired) electrons. The second kappa shape index (κ2) is 11.7. The number of nitrogens with one attached hydrogen (secondary N) is 2. The van der Waals surface area contributed by atoms with Crippen LogP contribution in [0.2, 0.25) is 0 Å². The van der Waals surface area contributed by atoms with Gasteiger partial charge in [-0.3, -0.25) is 4.99 Å². The Labute approximate surface area is 184 Å². The van der Waals surface area contributed by atoms with Gasteiger partial charge in [0.05, 0.1) is 13.2 Å². The van der Waals surface area contributed by atoms with E-state index in [1.165, 1.54) is 5.56 Å². The van der Waals surface area contributed by atoms with E-state index < -0.39 is 0 Å². The third kappa shape index (κ3) is 7.24. The molecule has 0 aliphatic carbocycles. The van der Waals surface area contributed by atoms with Gasteiger partial charge in [-0.05, 0) is 31.4 Å². The highest BCUT2D eigenvalue weighted by atomic mass is 16.5. The smallest absolute Gasteiger partial charge is 0.226 e. The molecule has 170 valence electrons. The van der Waals surface area contributed by atoms with Crippen LogP contribution in [0.25, 0.3) is 0 Å². The molecule has 1 aliphatic heterocycles. The Morgan fingerprint density at radius 1 is 1.32 bits per heavy atom. The largest absolute Gasteiger partial charge is 0.493 e. The maximum Gasteiger partial charge on any atom is 0.226 e. The Morgan fingerprint density at radius 2 is 2.19 bits per heavy atom. The van der Waals surface area contributed by atoms with E-state index in [2.05, 4.69) is 64.7 Å². The van der Waals surface area contributed by atoms with Gasteiger partial charge in [-0.1, -0.05) is 31.1 Å². The molecule has 2 N–H and O–H groups in total. The van der Waals surface area contributed by atoms with Crippen molar-refractivity contribution in [3.8, 4) is 5.75 Å². The number of aliphatic imine (C=N–C) groups is 1. The molecule has 2 heterocycles. The van der Waals surface area contributed by atoms with Gasteiger partial charge >= 0.3 is 0 Å². The van der Waals surface area contributed by atoms with E-state index in [-0.39, 0.29) is 5.92 Å². The molecule has 0 saturated carbocycles. The van der Waals surface area contributed by atoms with Gasteiger partial charge in [0, 0.05) is 50.6 Å². The Morgan fingerprint density at radius 3 is 2.90 bits per heavy atom. The van der Waals surface area contributed by atoms with Crippen molar-refractivity contribution in [1.29, 1.82) is 0 Å². The van der Waals surface area contributed by atoms with Crippen LogP contribution in [-0.2, 0) is 17.7 Å². The van der Waals surface area contributed by atoms with Gasteiger partial charge in [0.25, 0.3) is 0 Å². The third-order valence-electron chi connectivity index (χ3n) is 5.25. The Hall–Kier alpha value is -2.61. The van der Waals surface area contributed by atoms with E-state index in [4.69, 9.17) is 14.0 Å². The molecular formula is C23H35N5O3. The van der Waals surface area contributed by atoms with Gasteiger partial charge < -0.3 is 24.6 Å². The normalized spacial score (nSPS) is 16.7. The highest BCUT2D eigenvalue weighted by Gasteiger charge is 2.17. The summed E-state index contributed by atoms with van der Waals surface area (Å²) in [6.07, 6.45) is 2.69. The first-order chi connectivity index (χ1) is 15.0. The number of aryl methyl sites for hydroxylation is 2. The minimum absolute atomic E-state index is 0.279. The van der Waals surface area contributed by atoms with Crippen molar-refractivity contribution >= 4 is 5.96 Å². The van der Waals surface area contributed by atoms with E-state index in [9.17, 15) is 0 Å². The van der Waals surface area contributed by atoms with Crippen LogP contribution in [0.1, 0.15) is 55.4 Å². The number of guanidine groups is 1. The average Bonchev–Trinajstić information content (AvgIpc) is 3.45. The molecule has 1 aliphatic rings. The zero-order chi connectivity index (χ0) is 22.1. The summed E-state index contributed by atoms with van der Waals surface area (Å²) in [4.78, 5) is 8.73. The van der Waals surface area contributed by atoms with Crippen molar-refractivity contribution in [2.45, 2.75) is 52.5 Å². The van der Waals surface area contributed by atoms with E-state index in [1.807, 2.05) is 0 Å². The van der Waals surface area contributed by atoms with Crippen LogP contribution in [0.5, 0.6) is 5.75 Å². The molecule has 1 unspecified atom stereocenters. The summed E-state index contributed by atoms with van der Waals surface area (Å²) >= 11 is 0. The molecule has 1 atom stereocenters. The van der Waals surface area contributed by atoms with Crippen molar-refractivity contribution < 1.29 is 14.0 Å². The van der Waals surface area contributed by atoms with Crippen molar-refractivity contribution in [3.63, 3.8) is 0 Å². The highest BCUT2D eigenvalue weighted by Crippen LogP contribution is 2.22. The maximum absolute atomic E-state index is 6.13. The molecule has 31 heavy (non-hydrogen) atoms. The summed E-state index contributed by atoms with van der Waals surface area (Å²) in [6, 6.07) is 6.31. The number of nitrogens with zero attached hydrogens (tertiary/aromatic N) is 3. The lowest BCUT2D eigenvalue weighted by Crippen LogP contribution is -2.37. The van der Waals surface area contributed by atoms with Crippen molar-refractivity contribution in [2.75, 3.05) is 33.4 Å². The standard InChI is InChI=1S/C23H35N5O3/c1-16(2)22-27-21(31-28-22)6-5-10-25-23(24-4)26-13-19-8-7-17(3)12-20(19)30-15-18-9-11-29-14-18/h7-8,12,16,18H,5-6,9-11,13-15H2,1-4H3,(H2,24,25,26).